The molecule has 0 aromatic carbocycles. The van der Waals surface area contributed by atoms with Gasteiger partial charge in [0.25, 0.3) is 5.91 Å². The predicted octanol–water partition coefficient (Wildman–Crippen LogP) is 2.60. The monoisotopic (exact) mass is 330 g/mol. The third-order valence-electron chi connectivity index (χ3n) is 3.04. The summed E-state index contributed by atoms with van der Waals surface area (Å²) in [6.45, 7) is 5.27. The molecular formula is C15H23ClN2O4. The molecular weight excluding hydrogens is 308 g/mol. The van der Waals surface area contributed by atoms with E-state index in [4.69, 9.17) is 21.2 Å². The van der Waals surface area contributed by atoms with Gasteiger partial charge in [-0.25, -0.2) is 9.86 Å². The van der Waals surface area contributed by atoms with Crippen molar-refractivity contribution in [2.75, 3.05) is 14.2 Å². The first-order valence-corrected chi connectivity index (χ1v) is 7.37. The van der Waals surface area contributed by atoms with Crippen LogP contribution in [0.4, 0.5) is 4.79 Å². The summed E-state index contributed by atoms with van der Waals surface area (Å²) in [5.74, 6) is -0.588. The highest BCUT2D eigenvalue weighted by molar-refractivity contribution is 6.31. The summed E-state index contributed by atoms with van der Waals surface area (Å²) in [4.78, 5) is 29.3. The Morgan fingerprint density at radius 3 is 2.55 bits per heavy atom. The number of likely N-dealkylation sites (N-methyl/N-ethyl adjacent to an activating group) is 1. The highest BCUT2D eigenvalue weighted by Gasteiger charge is 2.32. The summed E-state index contributed by atoms with van der Waals surface area (Å²) in [5.41, 5.74) is -0.642. The molecule has 0 saturated carbocycles. The number of nitrogens with zero attached hydrogens (tertiary/aromatic N) is 1. The van der Waals surface area contributed by atoms with Crippen LogP contribution in [0, 0.1) is 5.92 Å². The number of allylic oxidation sites excluding steroid dienone is 3. The van der Waals surface area contributed by atoms with Crippen LogP contribution in [-0.2, 0) is 14.4 Å². The van der Waals surface area contributed by atoms with E-state index < -0.39 is 17.7 Å². The number of carbonyl (C=O) groups is 2. The Hall–Kier alpha value is -1.53. The maximum Gasteiger partial charge on any atom is 0.408 e. The van der Waals surface area contributed by atoms with E-state index >= 15 is 0 Å². The lowest BCUT2D eigenvalue weighted by molar-refractivity contribution is -0.172. The van der Waals surface area contributed by atoms with Crippen molar-refractivity contribution in [3.63, 3.8) is 0 Å². The zero-order valence-electron chi connectivity index (χ0n) is 13.6. The minimum atomic E-state index is -0.794. The van der Waals surface area contributed by atoms with Gasteiger partial charge in [0.1, 0.15) is 11.6 Å². The van der Waals surface area contributed by atoms with Crippen LogP contribution < -0.4 is 5.32 Å². The van der Waals surface area contributed by atoms with Gasteiger partial charge >= 0.3 is 6.09 Å². The van der Waals surface area contributed by atoms with E-state index in [1.165, 1.54) is 14.2 Å². The second kappa shape index (κ2) is 7.65. The van der Waals surface area contributed by atoms with E-state index in [1.807, 2.05) is 0 Å². The van der Waals surface area contributed by atoms with E-state index in [-0.39, 0.29) is 11.8 Å². The summed E-state index contributed by atoms with van der Waals surface area (Å²) in [6.07, 6.45) is 5.20. The highest BCUT2D eigenvalue weighted by atomic mass is 35.5. The van der Waals surface area contributed by atoms with Gasteiger partial charge in [-0.15, -0.1) is 0 Å². The number of hydroxylamine groups is 2. The molecule has 6 nitrogen and oxygen atoms in total. The Labute approximate surface area is 136 Å². The number of carbonyl (C=O) groups excluding carboxylic acids is 2. The number of hydrogen-bond donors (Lipinski definition) is 1. The van der Waals surface area contributed by atoms with Gasteiger partial charge in [0.15, 0.2) is 0 Å². The standard InChI is InChI=1S/C15H23ClN2O4/c1-15(2,3)22-14(20)17-12(13(19)18(4)21-5)10-6-8-11(16)9-7-10/h6,8-10,12H,7H2,1-5H3,(H,17,20)/t10-,12?/m0/s1. The average molecular weight is 331 g/mol. The molecule has 0 spiro atoms. The van der Waals surface area contributed by atoms with Gasteiger partial charge in [-0.3, -0.25) is 9.63 Å². The lowest BCUT2D eigenvalue weighted by atomic mass is 9.92. The molecule has 124 valence electrons. The van der Waals surface area contributed by atoms with Gasteiger partial charge in [0.2, 0.25) is 0 Å². The Morgan fingerprint density at radius 1 is 1.45 bits per heavy atom. The van der Waals surface area contributed by atoms with Crippen molar-refractivity contribution in [2.24, 2.45) is 5.92 Å². The quantitative estimate of drug-likeness (QED) is 0.804. The van der Waals surface area contributed by atoms with Crippen LogP contribution in [-0.4, -0.2) is 42.9 Å². The van der Waals surface area contributed by atoms with Gasteiger partial charge in [-0.2, -0.15) is 0 Å². The molecule has 1 unspecified atom stereocenters. The number of ether oxygens (including phenoxy) is 1. The van der Waals surface area contributed by atoms with Crippen molar-refractivity contribution in [3.05, 3.63) is 23.3 Å². The first-order valence-electron chi connectivity index (χ1n) is 6.99. The number of hydrogen-bond acceptors (Lipinski definition) is 4. The third kappa shape index (κ3) is 5.69. The van der Waals surface area contributed by atoms with Crippen LogP contribution in [0.1, 0.15) is 27.2 Å². The molecule has 0 heterocycles. The van der Waals surface area contributed by atoms with E-state index in [1.54, 1.807) is 39.0 Å². The molecule has 0 bridgehead atoms. The molecule has 0 fully saturated rings. The Bertz CT molecular complexity index is 482. The van der Waals surface area contributed by atoms with Crippen molar-refractivity contribution < 1.29 is 19.2 Å². The van der Waals surface area contributed by atoms with Crippen molar-refractivity contribution in [1.29, 1.82) is 0 Å². The van der Waals surface area contributed by atoms with E-state index in [2.05, 4.69) is 5.32 Å². The molecule has 0 radical (unpaired) electrons. The van der Waals surface area contributed by atoms with Gasteiger partial charge in [-0.1, -0.05) is 23.8 Å². The number of amides is 2. The molecule has 7 heteroatoms. The van der Waals surface area contributed by atoms with Crippen LogP contribution in [0.3, 0.4) is 0 Å². The summed E-state index contributed by atoms with van der Waals surface area (Å²) < 4.78 is 5.22. The summed E-state index contributed by atoms with van der Waals surface area (Å²) >= 11 is 5.89. The zero-order valence-corrected chi connectivity index (χ0v) is 14.3. The smallest absolute Gasteiger partial charge is 0.408 e. The van der Waals surface area contributed by atoms with Crippen molar-refractivity contribution in [1.82, 2.24) is 10.4 Å². The first-order chi connectivity index (χ1) is 10.1. The minimum Gasteiger partial charge on any atom is -0.444 e. The topological polar surface area (TPSA) is 67.9 Å². The highest BCUT2D eigenvalue weighted by Crippen LogP contribution is 2.23. The van der Waals surface area contributed by atoms with Crippen molar-refractivity contribution >= 4 is 23.6 Å². The van der Waals surface area contributed by atoms with Gasteiger partial charge in [0, 0.05) is 18.0 Å². The molecule has 2 amide bonds. The van der Waals surface area contributed by atoms with Crippen LogP contribution in [0.5, 0.6) is 0 Å². The molecule has 0 aromatic rings. The molecule has 1 aliphatic rings. The number of rotatable bonds is 4. The van der Waals surface area contributed by atoms with E-state index in [0.717, 1.165) is 5.06 Å². The maximum atomic E-state index is 12.4. The molecule has 2 atom stereocenters. The van der Waals surface area contributed by atoms with Crippen LogP contribution in [0.15, 0.2) is 23.3 Å². The lowest BCUT2D eigenvalue weighted by Crippen LogP contribution is -2.51. The third-order valence-corrected chi connectivity index (χ3v) is 3.32. The fourth-order valence-corrected chi connectivity index (χ4v) is 2.09. The molecule has 0 saturated heterocycles. The largest absolute Gasteiger partial charge is 0.444 e. The van der Waals surface area contributed by atoms with Gasteiger partial charge in [-0.05, 0) is 33.3 Å². The average Bonchev–Trinajstić information content (AvgIpc) is 2.42. The van der Waals surface area contributed by atoms with E-state index in [0.29, 0.717) is 11.5 Å². The zero-order chi connectivity index (χ0) is 16.9. The second-order valence-electron chi connectivity index (χ2n) is 5.99. The Kier molecular flexibility index (Phi) is 6.44. The SMILES string of the molecule is CON(C)C(=O)C(NC(=O)OC(C)(C)C)[C@H]1C=CC(Cl)=CC1. The van der Waals surface area contributed by atoms with E-state index in [9.17, 15) is 9.59 Å². The fraction of sp³-hybridized carbons (Fsp3) is 0.600. The summed E-state index contributed by atoms with van der Waals surface area (Å²) in [6, 6.07) is -0.794. The first kappa shape index (κ1) is 18.5. The van der Waals surface area contributed by atoms with Crippen molar-refractivity contribution in [2.45, 2.75) is 38.8 Å². The molecule has 22 heavy (non-hydrogen) atoms. The maximum absolute atomic E-state index is 12.4. The normalized spacial score (nSPS) is 19.2. The summed E-state index contributed by atoms with van der Waals surface area (Å²) in [5, 5.41) is 4.31. The van der Waals surface area contributed by atoms with Gasteiger partial charge < -0.3 is 10.1 Å². The minimum absolute atomic E-state index is 0.222. The fourth-order valence-electron chi connectivity index (χ4n) is 1.93. The van der Waals surface area contributed by atoms with Gasteiger partial charge in [0.05, 0.1) is 7.11 Å². The number of halogens is 1. The lowest BCUT2D eigenvalue weighted by Gasteiger charge is -2.29. The molecule has 0 aromatic heterocycles. The van der Waals surface area contributed by atoms with Crippen LogP contribution in [0.2, 0.25) is 0 Å². The molecule has 1 rings (SSSR count). The van der Waals surface area contributed by atoms with Crippen molar-refractivity contribution in [3.8, 4) is 0 Å². The Balaban J connectivity index is 2.86. The van der Waals surface area contributed by atoms with Crippen LogP contribution >= 0.6 is 11.6 Å². The number of nitrogens with one attached hydrogen (secondary N) is 1. The van der Waals surface area contributed by atoms with Crippen LogP contribution in [0.25, 0.3) is 0 Å². The molecule has 1 N–H and O–H groups in total. The molecule has 1 aliphatic carbocycles. The molecule has 0 aliphatic heterocycles. The predicted molar refractivity (Wildman–Crippen MR) is 84.1 cm³/mol. The second-order valence-corrected chi connectivity index (χ2v) is 6.43. The Morgan fingerprint density at radius 2 is 2.09 bits per heavy atom. The number of alkyl carbamates (subject to hydrolysis) is 1. The summed E-state index contributed by atoms with van der Waals surface area (Å²) in [7, 11) is 2.87.